The predicted octanol–water partition coefficient (Wildman–Crippen LogP) is 6.09. The molecule has 0 fully saturated rings. The minimum atomic E-state index is -0.357. The van der Waals surface area contributed by atoms with Crippen molar-refractivity contribution in [3.8, 4) is 23.0 Å². The molecule has 4 aromatic carbocycles. The SMILES string of the molecule is COc1cc(/C=C/C(=O)CC(=O)/C=C/c2ccc(O)c(OCc3cccc4ccccc34)c2)ccc1O. The highest BCUT2D eigenvalue weighted by atomic mass is 16.5. The van der Waals surface area contributed by atoms with Crippen LogP contribution in [0.1, 0.15) is 23.1 Å². The lowest BCUT2D eigenvalue weighted by atomic mass is 10.1. The number of allylic oxidation sites excluding steroid dienone is 2. The van der Waals surface area contributed by atoms with Gasteiger partial charge in [0, 0.05) is 0 Å². The van der Waals surface area contributed by atoms with E-state index in [1.165, 1.54) is 31.4 Å². The molecule has 6 heteroatoms. The van der Waals surface area contributed by atoms with Gasteiger partial charge in [-0.1, -0.05) is 66.7 Å². The van der Waals surface area contributed by atoms with Gasteiger partial charge in [0.1, 0.15) is 6.61 Å². The molecule has 0 saturated heterocycles. The Kier molecular flexibility index (Phi) is 8.01. The molecule has 0 bridgehead atoms. The van der Waals surface area contributed by atoms with Gasteiger partial charge in [0.25, 0.3) is 0 Å². The van der Waals surface area contributed by atoms with Crippen molar-refractivity contribution in [2.45, 2.75) is 13.0 Å². The number of fused-ring (bicyclic) bond motifs is 1. The lowest BCUT2D eigenvalue weighted by Crippen LogP contribution is -2.02. The van der Waals surface area contributed by atoms with Crippen molar-refractivity contribution in [2.24, 2.45) is 0 Å². The molecule has 0 amide bonds. The standard InChI is InChI=1S/C31H26O6/c1-36-30-17-21(11-15-28(30)34)9-13-25(32)19-26(33)14-10-22-12-16-29(35)31(18-22)37-20-24-7-4-6-23-5-2-3-8-27(23)24/h2-18,34-35H,19-20H2,1H3/b13-9+,14-10+. The summed E-state index contributed by atoms with van der Waals surface area (Å²) in [4.78, 5) is 24.5. The zero-order valence-electron chi connectivity index (χ0n) is 20.3. The van der Waals surface area contributed by atoms with E-state index < -0.39 is 0 Å². The summed E-state index contributed by atoms with van der Waals surface area (Å²) >= 11 is 0. The Morgan fingerprint density at radius 3 is 2.03 bits per heavy atom. The molecule has 0 aliphatic heterocycles. The number of ether oxygens (including phenoxy) is 2. The van der Waals surface area contributed by atoms with Crippen LogP contribution in [0.4, 0.5) is 0 Å². The Labute approximate surface area is 214 Å². The van der Waals surface area contributed by atoms with Crippen LogP contribution in [0.2, 0.25) is 0 Å². The van der Waals surface area contributed by atoms with Gasteiger partial charge in [-0.3, -0.25) is 9.59 Å². The van der Waals surface area contributed by atoms with Crippen molar-refractivity contribution in [1.82, 2.24) is 0 Å². The smallest absolute Gasteiger partial charge is 0.163 e. The number of phenolic OH excluding ortho intramolecular Hbond substituents is 2. The van der Waals surface area contributed by atoms with Crippen LogP contribution < -0.4 is 9.47 Å². The van der Waals surface area contributed by atoms with Crippen molar-refractivity contribution in [3.05, 3.63) is 108 Å². The molecule has 0 heterocycles. The van der Waals surface area contributed by atoms with Gasteiger partial charge in [-0.15, -0.1) is 0 Å². The lowest BCUT2D eigenvalue weighted by Gasteiger charge is -2.11. The van der Waals surface area contributed by atoms with Crippen LogP contribution >= 0.6 is 0 Å². The number of rotatable bonds is 10. The summed E-state index contributed by atoms with van der Waals surface area (Å²) in [6.07, 6.45) is 5.49. The Bertz CT molecular complexity index is 1490. The zero-order chi connectivity index (χ0) is 26.2. The highest BCUT2D eigenvalue weighted by molar-refractivity contribution is 6.10. The number of carbonyl (C=O) groups is 2. The number of phenols is 2. The molecule has 4 aromatic rings. The number of hydrogen-bond donors (Lipinski definition) is 2. The van der Waals surface area contributed by atoms with Gasteiger partial charge in [0.2, 0.25) is 0 Å². The molecule has 0 radical (unpaired) electrons. The first-order valence-electron chi connectivity index (χ1n) is 11.6. The number of benzene rings is 4. The van der Waals surface area contributed by atoms with Crippen LogP contribution in [0.25, 0.3) is 22.9 Å². The maximum absolute atomic E-state index is 12.3. The molecule has 6 nitrogen and oxygen atoms in total. The molecule has 0 aromatic heterocycles. The highest BCUT2D eigenvalue weighted by Gasteiger charge is 2.08. The first kappa shape index (κ1) is 25.3. The fourth-order valence-corrected chi connectivity index (χ4v) is 3.79. The van der Waals surface area contributed by atoms with Crippen molar-refractivity contribution >= 4 is 34.5 Å². The highest BCUT2D eigenvalue weighted by Crippen LogP contribution is 2.29. The third kappa shape index (κ3) is 6.64. The Balaban J connectivity index is 1.36. The maximum atomic E-state index is 12.3. The summed E-state index contributed by atoms with van der Waals surface area (Å²) in [6.45, 7) is 0.273. The van der Waals surface area contributed by atoms with Crippen LogP contribution in [-0.2, 0) is 16.2 Å². The van der Waals surface area contributed by atoms with Crippen LogP contribution in [0.15, 0.2) is 91.0 Å². The summed E-state index contributed by atoms with van der Waals surface area (Å²) in [5.74, 6) is -0.123. The number of ketones is 2. The summed E-state index contributed by atoms with van der Waals surface area (Å²) in [6, 6.07) is 23.5. The Morgan fingerprint density at radius 2 is 1.35 bits per heavy atom. The van der Waals surface area contributed by atoms with Gasteiger partial charge in [-0.05, 0) is 63.9 Å². The summed E-state index contributed by atoms with van der Waals surface area (Å²) < 4.78 is 10.9. The second-order valence-corrected chi connectivity index (χ2v) is 8.36. The molecule has 2 N–H and O–H groups in total. The van der Waals surface area contributed by atoms with Crippen LogP contribution in [0.3, 0.4) is 0 Å². The lowest BCUT2D eigenvalue weighted by molar-refractivity contribution is -0.121. The molecular formula is C31H26O6. The average molecular weight is 495 g/mol. The minimum absolute atomic E-state index is 0.00244. The van der Waals surface area contributed by atoms with E-state index in [4.69, 9.17) is 9.47 Å². The van der Waals surface area contributed by atoms with Gasteiger partial charge in [-0.2, -0.15) is 0 Å². The molecule has 0 unspecified atom stereocenters. The monoisotopic (exact) mass is 494 g/mol. The van der Waals surface area contributed by atoms with Crippen molar-refractivity contribution in [1.29, 1.82) is 0 Å². The maximum Gasteiger partial charge on any atom is 0.163 e. The van der Waals surface area contributed by atoms with E-state index in [1.807, 2.05) is 42.5 Å². The van der Waals surface area contributed by atoms with E-state index in [0.29, 0.717) is 22.6 Å². The minimum Gasteiger partial charge on any atom is -0.504 e. The van der Waals surface area contributed by atoms with Crippen molar-refractivity contribution in [3.63, 3.8) is 0 Å². The molecule has 186 valence electrons. The third-order valence-corrected chi connectivity index (χ3v) is 5.72. The fourth-order valence-electron chi connectivity index (χ4n) is 3.79. The molecule has 0 saturated carbocycles. The number of carbonyl (C=O) groups excluding carboxylic acids is 2. The van der Waals surface area contributed by atoms with E-state index in [9.17, 15) is 19.8 Å². The van der Waals surface area contributed by atoms with Gasteiger partial charge in [0.15, 0.2) is 34.6 Å². The van der Waals surface area contributed by atoms with E-state index in [2.05, 4.69) is 0 Å². The number of hydrogen-bond acceptors (Lipinski definition) is 6. The summed E-state index contributed by atoms with van der Waals surface area (Å²) in [7, 11) is 1.44. The van der Waals surface area contributed by atoms with E-state index in [0.717, 1.165) is 16.3 Å². The Morgan fingerprint density at radius 1 is 0.757 bits per heavy atom. The number of aromatic hydroxyl groups is 2. The fraction of sp³-hybridized carbons (Fsp3) is 0.0968. The number of methoxy groups -OCH3 is 1. The van der Waals surface area contributed by atoms with Crippen molar-refractivity contribution < 1.29 is 29.3 Å². The average Bonchev–Trinajstić information content (AvgIpc) is 2.91. The quantitative estimate of drug-likeness (QED) is 0.205. The molecule has 0 aliphatic carbocycles. The van der Waals surface area contributed by atoms with Gasteiger partial charge < -0.3 is 19.7 Å². The molecular weight excluding hydrogens is 468 g/mol. The van der Waals surface area contributed by atoms with Gasteiger partial charge in [-0.25, -0.2) is 0 Å². The predicted molar refractivity (Wildman–Crippen MR) is 144 cm³/mol. The normalized spacial score (nSPS) is 11.3. The van der Waals surface area contributed by atoms with Crippen LogP contribution in [-0.4, -0.2) is 28.9 Å². The molecule has 0 spiro atoms. The first-order chi connectivity index (χ1) is 17.9. The first-order valence-corrected chi connectivity index (χ1v) is 11.6. The van der Waals surface area contributed by atoms with E-state index in [1.54, 1.807) is 36.4 Å². The van der Waals surface area contributed by atoms with Gasteiger partial charge in [0.05, 0.1) is 13.5 Å². The van der Waals surface area contributed by atoms with Gasteiger partial charge >= 0.3 is 0 Å². The van der Waals surface area contributed by atoms with Crippen LogP contribution in [0.5, 0.6) is 23.0 Å². The van der Waals surface area contributed by atoms with Crippen LogP contribution in [0, 0.1) is 0 Å². The molecule has 0 aliphatic rings. The summed E-state index contributed by atoms with van der Waals surface area (Å²) in [5.41, 5.74) is 2.30. The second kappa shape index (κ2) is 11.7. The molecule has 37 heavy (non-hydrogen) atoms. The van der Waals surface area contributed by atoms with E-state index in [-0.39, 0.29) is 36.1 Å². The molecule has 0 atom stereocenters. The largest absolute Gasteiger partial charge is 0.504 e. The Hall–Kier alpha value is -4.84. The topological polar surface area (TPSA) is 93.1 Å². The third-order valence-electron chi connectivity index (χ3n) is 5.72. The van der Waals surface area contributed by atoms with E-state index >= 15 is 0 Å². The molecule has 4 rings (SSSR count). The summed E-state index contributed by atoms with van der Waals surface area (Å²) in [5, 5.41) is 22.1. The zero-order valence-corrected chi connectivity index (χ0v) is 20.3. The van der Waals surface area contributed by atoms with Crippen molar-refractivity contribution in [2.75, 3.05) is 7.11 Å². The second-order valence-electron chi connectivity index (χ2n) is 8.36.